The van der Waals surface area contributed by atoms with Crippen LogP contribution < -0.4 is 0 Å². The number of likely N-dealkylation sites (N-methyl/N-ethyl adjacent to an activating group) is 1. The summed E-state index contributed by atoms with van der Waals surface area (Å²) in [7, 11) is 2.16. The van der Waals surface area contributed by atoms with Crippen molar-refractivity contribution >= 4 is 5.71 Å². The maximum atomic E-state index is 8.87. The molecule has 1 aliphatic carbocycles. The van der Waals surface area contributed by atoms with Gasteiger partial charge in [0.15, 0.2) is 0 Å². The second-order valence-corrected chi connectivity index (χ2v) is 4.34. The largest absolute Gasteiger partial charge is 0.411 e. The maximum Gasteiger partial charge on any atom is 0.0742 e. The molecule has 0 radical (unpaired) electrons. The summed E-state index contributed by atoms with van der Waals surface area (Å²) >= 11 is 0. The van der Waals surface area contributed by atoms with Crippen molar-refractivity contribution in [2.75, 3.05) is 33.2 Å². The zero-order valence-corrected chi connectivity index (χ0v) is 8.82. The fourth-order valence-corrected chi connectivity index (χ4v) is 2.45. The predicted octanol–water partition coefficient (Wildman–Crippen LogP) is 0.616. The highest BCUT2D eigenvalue weighted by Gasteiger charge is 2.30. The van der Waals surface area contributed by atoms with Crippen molar-refractivity contribution in [1.82, 2.24) is 9.80 Å². The van der Waals surface area contributed by atoms with Crippen LogP contribution in [0.5, 0.6) is 0 Å². The lowest BCUT2D eigenvalue weighted by Crippen LogP contribution is -2.50. The summed E-state index contributed by atoms with van der Waals surface area (Å²) in [4.78, 5) is 4.81. The summed E-state index contributed by atoms with van der Waals surface area (Å²) in [5, 5.41) is 12.3. The van der Waals surface area contributed by atoms with E-state index in [0.717, 1.165) is 38.3 Å². The van der Waals surface area contributed by atoms with Crippen LogP contribution in [-0.2, 0) is 0 Å². The average molecular weight is 197 g/mol. The first kappa shape index (κ1) is 9.93. The van der Waals surface area contributed by atoms with Crippen molar-refractivity contribution in [2.45, 2.75) is 25.3 Å². The van der Waals surface area contributed by atoms with Crippen molar-refractivity contribution in [3.63, 3.8) is 0 Å². The minimum atomic E-state index is 0.425. The Morgan fingerprint density at radius 3 is 2.64 bits per heavy atom. The van der Waals surface area contributed by atoms with Gasteiger partial charge in [-0.1, -0.05) is 5.16 Å². The quantitative estimate of drug-likeness (QED) is 0.494. The van der Waals surface area contributed by atoms with Crippen LogP contribution in [0.3, 0.4) is 0 Å². The highest BCUT2D eigenvalue weighted by atomic mass is 16.4. The first-order chi connectivity index (χ1) is 6.81. The smallest absolute Gasteiger partial charge is 0.0742 e. The lowest BCUT2D eigenvalue weighted by Gasteiger charge is -2.36. The van der Waals surface area contributed by atoms with E-state index < -0.39 is 0 Å². The van der Waals surface area contributed by atoms with Crippen molar-refractivity contribution in [3.8, 4) is 0 Å². The van der Waals surface area contributed by atoms with E-state index in [1.54, 1.807) is 0 Å². The van der Waals surface area contributed by atoms with Gasteiger partial charge in [0.25, 0.3) is 0 Å². The Hall–Kier alpha value is -0.610. The van der Waals surface area contributed by atoms with Crippen LogP contribution >= 0.6 is 0 Å². The summed E-state index contributed by atoms with van der Waals surface area (Å²) in [6.45, 7) is 4.49. The highest BCUT2D eigenvalue weighted by molar-refractivity contribution is 5.90. The number of hydrogen-bond donors (Lipinski definition) is 1. The summed E-state index contributed by atoms with van der Waals surface area (Å²) in [6.07, 6.45) is 3.33. The second kappa shape index (κ2) is 4.28. The Labute approximate surface area is 85.2 Å². The number of nitrogens with zero attached hydrogens (tertiary/aromatic N) is 3. The van der Waals surface area contributed by atoms with E-state index in [2.05, 4.69) is 22.0 Å². The third kappa shape index (κ3) is 1.91. The van der Waals surface area contributed by atoms with Gasteiger partial charge in [-0.2, -0.15) is 0 Å². The molecule has 2 aliphatic rings. The van der Waals surface area contributed by atoms with E-state index in [4.69, 9.17) is 5.21 Å². The molecule has 4 heteroatoms. The molecule has 0 unspecified atom stereocenters. The third-order valence-corrected chi connectivity index (χ3v) is 3.40. The van der Waals surface area contributed by atoms with Crippen LogP contribution in [0, 0.1) is 0 Å². The molecule has 1 saturated heterocycles. The molecular formula is C10H19N3O. The summed E-state index contributed by atoms with van der Waals surface area (Å²) < 4.78 is 0. The van der Waals surface area contributed by atoms with Crippen molar-refractivity contribution in [2.24, 2.45) is 5.16 Å². The van der Waals surface area contributed by atoms with Gasteiger partial charge in [0.1, 0.15) is 0 Å². The second-order valence-electron chi connectivity index (χ2n) is 4.34. The first-order valence-electron chi connectivity index (χ1n) is 5.44. The van der Waals surface area contributed by atoms with E-state index in [-0.39, 0.29) is 0 Å². The molecule has 1 N–H and O–H groups in total. The number of oxime groups is 1. The van der Waals surface area contributed by atoms with Gasteiger partial charge in [0.2, 0.25) is 0 Å². The molecule has 0 aromatic rings. The van der Waals surface area contributed by atoms with Crippen LogP contribution in [0.4, 0.5) is 0 Å². The standard InChI is InChI=1S/C10H19N3O/c1-12-5-7-13(8-6-12)10-4-2-3-9(10)11-14/h10,14H,2-8H2,1H3/b11-9+/t10-/m0/s1. The minimum absolute atomic E-state index is 0.425. The molecule has 1 heterocycles. The number of hydrogen-bond acceptors (Lipinski definition) is 4. The Morgan fingerprint density at radius 1 is 1.29 bits per heavy atom. The third-order valence-electron chi connectivity index (χ3n) is 3.40. The van der Waals surface area contributed by atoms with E-state index in [9.17, 15) is 0 Å². The minimum Gasteiger partial charge on any atom is -0.411 e. The summed E-state index contributed by atoms with van der Waals surface area (Å²) in [5.41, 5.74) is 0.995. The molecule has 1 atom stereocenters. The molecule has 1 aliphatic heterocycles. The Bertz CT molecular complexity index is 221. The number of piperazine rings is 1. The Balaban J connectivity index is 1.94. The molecular weight excluding hydrogens is 178 g/mol. The normalized spacial score (nSPS) is 34.1. The fourth-order valence-electron chi connectivity index (χ4n) is 2.45. The zero-order chi connectivity index (χ0) is 9.97. The zero-order valence-electron chi connectivity index (χ0n) is 8.82. The van der Waals surface area contributed by atoms with Crippen molar-refractivity contribution in [1.29, 1.82) is 0 Å². The van der Waals surface area contributed by atoms with Crippen LogP contribution in [0.15, 0.2) is 5.16 Å². The van der Waals surface area contributed by atoms with Crippen molar-refractivity contribution in [3.05, 3.63) is 0 Å². The summed E-state index contributed by atoms with van der Waals surface area (Å²) in [6, 6.07) is 0.425. The Kier molecular flexibility index (Phi) is 3.03. The fraction of sp³-hybridized carbons (Fsp3) is 0.900. The maximum absolute atomic E-state index is 8.87. The van der Waals surface area contributed by atoms with Crippen LogP contribution in [-0.4, -0.2) is 60.0 Å². The molecule has 0 amide bonds. The SMILES string of the molecule is CN1CCN([C@H]2CCC/C2=N\O)CC1. The Morgan fingerprint density at radius 2 is 2.00 bits per heavy atom. The lowest BCUT2D eigenvalue weighted by atomic mass is 10.1. The van der Waals surface area contributed by atoms with Gasteiger partial charge in [-0.15, -0.1) is 0 Å². The lowest BCUT2D eigenvalue weighted by molar-refractivity contribution is 0.135. The van der Waals surface area contributed by atoms with Gasteiger partial charge >= 0.3 is 0 Å². The molecule has 0 bridgehead atoms. The predicted molar refractivity (Wildman–Crippen MR) is 55.9 cm³/mol. The molecule has 2 rings (SSSR count). The number of rotatable bonds is 1. The van der Waals surface area contributed by atoms with E-state index in [1.165, 1.54) is 12.8 Å². The highest BCUT2D eigenvalue weighted by Crippen LogP contribution is 2.22. The van der Waals surface area contributed by atoms with Gasteiger partial charge in [0, 0.05) is 26.2 Å². The molecule has 4 nitrogen and oxygen atoms in total. The molecule has 1 saturated carbocycles. The van der Waals surface area contributed by atoms with E-state index in [0.29, 0.717) is 6.04 Å². The van der Waals surface area contributed by atoms with Gasteiger partial charge in [-0.25, -0.2) is 0 Å². The molecule has 0 aromatic heterocycles. The van der Waals surface area contributed by atoms with Gasteiger partial charge in [-0.05, 0) is 26.3 Å². The topological polar surface area (TPSA) is 39.1 Å². The van der Waals surface area contributed by atoms with Crippen LogP contribution in [0.25, 0.3) is 0 Å². The average Bonchev–Trinajstić information content (AvgIpc) is 2.67. The monoisotopic (exact) mass is 197 g/mol. The van der Waals surface area contributed by atoms with Gasteiger partial charge in [0.05, 0.1) is 11.8 Å². The van der Waals surface area contributed by atoms with Crippen LogP contribution in [0.1, 0.15) is 19.3 Å². The summed E-state index contributed by atoms with van der Waals surface area (Å²) in [5.74, 6) is 0. The first-order valence-corrected chi connectivity index (χ1v) is 5.44. The van der Waals surface area contributed by atoms with Gasteiger partial charge in [-0.3, -0.25) is 4.90 Å². The van der Waals surface area contributed by atoms with E-state index >= 15 is 0 Å². The van der Waals surface area contributed by atoms with Crippen molar-refractivity contribution < 1.29 is 5.21 Å². The molecule has 0 aromatic carbocycles. The van der Waals surface area contributed by atoms with Crippen LogP contribution in [0.2, 0.25) is 0 Å². The van der Waals surface area contributed by atoms with Gasteiger partial charge < -0.3 is 10.1 Å². The molecule has 80 valence electrons. The molecule has 14 heavy (non-hydrogen) atoms. The molecule has 0 spiro atoms. The van der Waals surface area contributed by atoms with E-state index in [1.807, 2.05) is 0 Å². The molecule has 2 fully saturated rings.